The summed E-state index contributed by atoms with van der Waals surface area (Å²) in [5.74, 6) is -1.36. The second-order valence-corrected chi connectivity index (χ2v) is 5.46. The first-order valence-corrected chi connectivity index (χ1v) is 6.67. The van der Waals surface area contributed by atoms with Crippen LogP contribution in [0.1, 0.15) is 0 Å². The minimum absolute atomic E-state index is 0.391. The smallest absolute Gasteiger partial charge is 0.402 e. The summed E-state index contributed by atoms with van der Waals surface area (Å²) in [4.78, 5) is 11.4. The van der Waals surface area contributed by atoms with E-state index in [2.05, 4.69) is 14.9 Å². The van der Waals surface area contributed by atoms with E-state index in [1.165, 1.54) is 22.6 Å². The van der Waals surface area contributed by atoms with Crippen LogP contribution in [0.3, 0.4) is 0 Å². The standard InChI is InChI=1S/C6H3F3IN3O5S/c7-6(8,9)18-2-1-12-5(10)3(13(14)15)4(2)19(11,16)17/h1H,(H2,11,16,17). The first-order valence-electron chi connectivity index (χ1n) is 4.05. The van der Waals surface area contributed by atoms with Crippen molar-refractivity contribution in [2.45, 2.75) is 11.3 Å². The molecule has 19 heavy (non-hydrogen) atoms. The maximum Gasteiger partial charge on any atom is 0.573 e. The van der Waals surface area contributed by atoms with Crippen LogP contribution in [0.2, 0.25) is 0 Å². The fraction of sp³-hybridized carbons (Fsp3) is 0.167. The predicted octanol–water partition coefficient (Wildman–Crippen LogP) is 1.14. The highest BCUT2D eigenvalue weighted by Gasteiger charge is 2.38. The Morgan fingerprint density at radius 2 is 2.00 bits per heavy atom. The predicted molar refractivity (Wildman–Crippen MR) is 61.7 cm³/mol. The molecule has 1 aromatic rings. The van der Waals surface area contributed by atoms with Crippen molar-refractivity contribution < 1.29 is 31.2 Å². The Morgan fingerprint density at radius 1 is 1.47 bits per heavy atom. The van der Waals surface area contributed by atoms with E-state index in [0.29, 0.717) is 6.20 Å². The van der Waals surface area contributed by atoms with E-state index in [1.54, 1.807) is 0 Å². The zero-order valence-corrected chi connectivity index (χ0v) is 11.5. The van der Waals surface area contributed by atoms with Crippen molar-refractivity contribution >= 4 is 38.3 Å². The number of aromatic nitrogens is 1. The fourth-order valence-corrected chi connectivity index (χ4v) is 2.68. The summed E-state index contributed by atoms with van der Waals surface area (Å²) in [5, 5.41) is 15.4. The van der Waals surface area contributed by atoms with E-state index in [9.17, 15) is 31.7 Å². The van der Waals surface area contributed by atoms with Crippen LogP contribution in [0.25, 0.3) is 0 Å². The molecule has 1 heterocycles. The second-order valence-electron chi connectivity index (χ2n) is 2.94. The van der Waals surface area contributed by atoms with Gasteiger partial charge in [0.2, 0.25) is 14.9 Å². The number of alkyl halides is 3. The van der Waals surface area contributed by atoms with Crippen LogP contribution in [0, 0.1) is 13.8 Å². The lowest BCUT2D eigenvalue weighted by molar-refractivity contribution is -0.389. The van der Waals surface area contributed by atoms with Crippen molar-refractivity contribution in [2.75, 3.05) is 0 Å². The van der Waals surface area contributed by atoms with Gasteiger partial charge in [0.25, 0.3) is 0 Å². The molecule has 0 aliphatic rings. The fourth-order valence-electron chi connectivity index (χ4n) is 1.08. The van der Waals surface area contributed by atoms with Gasteiger partial charge in [-0.2, -0.15) is 0 Å². The second kappa shape index (κ2) is 5.04. The molecule has 0 aliphatic heterocycles. The molecule has 2 N–H and O–H groups in total. The molecule has 0 bridgehead atoms. The van der Waals surface area contributed by atoms with Crippen LogP contribution in [-0.2, 0) is 10.0 Å². The number of hydrogen-bond donors (Lipinski definition) is 1. The minimum Gasteiger partial charge on any atom is -0.402 e. The monoisotopic (exact) mass is 413 g/mol. The van der Waals surface area contributed by atoms with Crippen LogP contribution in [0.4, 0.5) is 18.9 Å². The Bertz CT molecular complexity index is 632. The van der Waals surface area contributed by atoms with Gasteiger partial charge in [0.1, 0.15) is 0 Å². The number of rotatable bonds is 3. The molecule has 8 nitrogen and oxygen atoms in total. The summed E-state index contributed by atoms with van der Waals surface area (Å²) in [7, 11) is -4.82. The molecule has 0 amide bonds. The first kappa shape index (κ1) is 15.8. The van der Waals surface area contributed by atoms with Crippen molar-refractivity contribution in [1.29, 1.82) is 0 Å². The Labute approximate surface area is 117 Å². The molecule has 13 heteroatoms. The normalized spacial score (nSPS) is 12.3. The summed E-state index contributed by atoms with van der Waals surface area (Å²) in [6, 6.07) is 0. The van der Waals surface area contributed by atoms with Crippen molar-refractivity contribution in [3.05, 3.63) is 20.0 Å². The van der Waals surface area contributed by atoms with Gasteiger partial charge >= 0.3 is 12.0 Å². The average molecular weight is 413 g/mol. The molecule has 1 aromatic heterocycles. The summed E-state index contributed by atoms with van der Waals surface area (Å²) in [5.41, 5.74) is -1.18. The SMILES string of the molecule is NS(=O)(=O)c1c(OC(F)(F)F)cnc(I)c1[N+](=O)[O-]. The van der Waals surface area contributed by atoms with Crippen LogP contribution >= 0.6 is 22.6 Å². The van der Waals surface area contributed by atoms with Crippen LogP contribution in [0.15, 0.2) is 11.1 Å². The van der Waals surface area contributed by atoms with Gasteiger partial charge in [-0.15, -0.1) is 13.2 Å². The van der Waals surface area contributed by atoms with Gasteiger partial charge in [-0.25, -0.2) is 18.5 Å². The molecule has 0 spiro atoms. The lowest BCUT2D eigenvalue weighted by atomic mass is 10.4. The number of pyridine rings is 1. The number of primary sulfonamides is 1. The number of nitrogens with zero attached hydrogens (tertiary/aromatic N) is 2. The molecule has 0 aromatic carbocycles. The number of sulfonamides is 1. The maximum absolute atomic E-state index is 12.1. The molecule has 0 aliphatic carbocycles. The largest absolute Gasteiger partial charge is 0.573 e. The summed E-state index contributed by atoms with van der Waals surface area (Å²) >= 11 is 1.29. The molecule has 0 radical (unpaired) electrons. The zero-order valence-electron chi connectivity index (χ0n) is 8.51. The van der Waals surface area contributed by atoms with E-state index in [1.807, 2.05) is 0 Å². The Morgan fingerprint density at radius 3 is 2.37 bits per heavy atom. The van der Waals surface area contributed by atoms with E-state index in [4.69, 9.17) is 0 Å². The van der Waals surface area contributed by atoms with Gasteiger partial charge in [0.15, 0.2) is 9.45 Å². The van der Waals surface area contributed by atoms with Crippen LogP contribution in [-0.4, -0.2) is 24.7 Å². The quantitative estimate of drug-likeness (QED) is 0.343. The highest BCUT2D eigenvalue weighted by molar-refractivity contribution is 14.1. The highest BCUT2D eigenvalue weighted by atomic mass is 127. The van der Waals surface area contributed by atoms with E-state index in [-0.39, 0.29) is 0 Å². The third-order valence-corrected chi connectivity index (χ3v) is 3.38. The molecule has 0 atom stereocenters. The number of ether oxygens (including phenoxy) is 1. The van der Waals surface area contributed by atoms with Gasteiger partial charge in [0, 0.05) is 0 Å². The minimum atomic E-state index is -5.25. The summed E-state index contributed by atoms with van der Waals surface area (Å²) in [6.07, 6.45) is -4.86. The molecule has 0 unspecified atom stereocenters. The maximum atomic E-state index is 12.1. The molecule has 0 fully saturated rings. The molecule has 106 valence electrons. The van der Waals surface area contributed by atoms with E-state index >= 15 is 0 Å². The molecular weight excluding hydrogens is 410 g/mol. The summed E-state index contributed by atoms with van der Waals surface area (Å²) < 4.78 is 61.6. The number of halogens is 4. The van der Waals surface area contributed by atoms with Crippen molar-refractivity contribution in [2.24, 2.45) is 5.14 Å². The topological polar surface area (TPSA) is 125 Å². The van der Waals surface area contributed by atoms with Crippen molar-refractivity contribution in [3.63, 3.8) is 0 Å². The molecule has 0 saturated heterocycles. The third kappa shape index (κ3) is 3.87. The Balaban J connectivity index is 3.67. The van der Waals surface area contributed by atoms with Crippen molar-refractivity contribution in [1.82, 2.24) is 4.98 Å². The van der Waals surface area contributed by atoms with E-state index < -0.39 is 41.3 Å². The Hall–Kier alpha value is -1.22. The van der Waals surface area contributed by atoms with Crippen LogP contribution < -0.4 is 9.88 Å². The van der Waals surface area contributed by atoms with Gasteiger partial charge in [-0.1, -0.05) is 0 Å². The lowest BCUT2D eigenvalue weighted by Crippen LogP contribution is -2.22. The van der Waals surface area contributed by atoms with Crippen molar-refractivity contribution in [3.8, 4) is 5.75 Å². The molecule has 0 saturated carbocycles. The zero-order chi connectivity index (χ0) is 15.0. The third-order valence-electron chi connectivity index (χ3n) is 1.62. The molecular formula is C6H3F3IN3O5S. The van der Waals surface area contributed by atoms with Gasteiger partial charge in [0.05, 0.1) is 11.1 Å². The Kier molecular flexibility index (Phi) is 4.20. The van der Waals surface area contributed by atoms with E-state index in [0.717, 1.165) is 0 Å². The number of nitro groups is 1. The number of hydrogen-bond acceptors (Lipinski definition) is 6. The van der Waals surface area contributed by atoms with Crippen LogP contribution in [0.5, 0.6) is 5.75 Å². The number of nitrogens with two attached hydrogens (primary N) is 1. The van der Waals surface area contributed by atoms with Gasteiger partial charge in [-0.3, -0.25) is 10.1 Å². The summed E-state index contributed by atoms with van der Waals surface area (Å²) in [6.45, 7) is 0. The first-order chi connectivity index (χ1) is 8.43. The van der Waals surface area contributed by atoms with Gasteiger partial charge < -0.3 is 4.74 Å². The van der Waals surface area contributed by atoms with Gasteiger partial charge in [-0.05, 0) is 22.6 Å². The highest BCUT2D eigenvalue weighted by Crippen LogP contribution is 2.36. The molecule has 1 rings (SSSR count). The lowest BCUT2D eigenvalue weighted by Gasteiger charge is -2.12. The average Bonchev–Trinajstić information content (AvgIpc) is 2.15.